The second-order valence-electron chi connectivity index (χ2n) is 4.81. The minimum Gasteiger partial charge on any atom is -0.352 e. The van der Waals surface area contributed by atoms with E-state index in [4.69, 9.17) is 17.3 Å². The number of nitrogens with one attached hydrogen (secondary N) is 2. The Morgan fingerprint density at radius 1 is 1.40 bits per heavy atom. The molecule has 1 aromatic carbocycles. The number of amides is 3. The average molecular weight is 302 g/mol. The van der Waals surface area contributed by atoms with Crippen LogP contribution < -0.4 is 16.4 Å². The van der Waals surface area contributed by atoms with Gasteiger partial charge in [0.05, 0.1) is 5.02 Å². The Kier molecular flexibility index (Phi) is 5.76. The highest BCUT2D eigenvalue weighted by Gasteiger charge is 2.21. The lowest BCUT2D eigenvalue weighted by Crippen LogP contribution is -2.46. The van der Waals surface area contributed by atoms with Crippen molar-refractivity contribution in [1.29, 1.82) is 0 Å². The van der Waals surface area contributed by atoms with E-state index in [9.17, 15) is 14.0 Å². The highest BCUT2D eigenvalue weighted by molar-refractivity contribution is 6.31. The van der Waals surface area contributed by atoms with Crippen LogP contribution in [-0.2, 0) is 4.79 Å². The number of carbonyl (C=O) groups excluding carboxylic acids is 2. The van der Waals surface area contributed by atoms with Crippen LogP contribution in [0.4, 0.5) is 14.9 Å². The lowest BCUT2D eigenvalue weighted by Gasteiger charge is -2.19. The van der Waals surface area contributed by atoms with Gasteiger partial charge in [0, 0.05) is 5.69 Å². The molecule has 0 radical (unpaired) electrons. The van der Waals surface area contributed by atoms with Gasteiger partial charge in [0.15, 0.2) is 0 Å². The van der Waals surface area contributed by atoms with E-state index in [1.807, 2.05) is 13.8 Å². The predicted octanol–water partition coefficient (Wildman–Crippen LogP) is 2.50. The van der Waals surface area contributed by atoms with E-state index < -0.39 is 23.8 Å². The Morgan fingerprint density at radius 2 is 2.05 bits per heavy atom. The van der Waals surface area contributed by atoms with Gasteiger partial charge >= 0.3 is 6.03 Å². The first-order valence-corrected chi connectivity index (χ1v) is 6.49. The second kappa shape index (κ2) is 7.09. The smallest absolute Gasteiger partial charge is 0.312 e. The summed E-state index contributed by atoms with van der Waals surface area (Å²) in [5.74, 6) is -0.812. The third-order valence-corrected chi connectivity index (χ3v) is 2.82. The molecule has 0 saturated carbocycles. The molecule has 0 unspecified atom stereocenters. The van der Waals surface area contributed by atoms with Gasteiger partial charge < -0.3 is 16.4 Å². The van der Waals surface area contributed by atoms with Crippen molar-refractivity contribution in [2.24, 2.45) is 11.7 Å². The normalized spacial score (nSPS) is 12.1. The number of benzene rings is 1. The summed E-state index contributed by atoms with van der Waals surface area (Å²) in [7, 11) is 0. The second-order valence-corrected chi connectivity index (χ2v) is 5.22. The Morgan fingerprint density at radius 3 is 2.55 bits per heavy atom. The Hall–Kier alpha value is -1.82. The number of primary amides is 1. The molecule has 110 valence electrons. The summed E-state index contributed by atoms with van der Waals surface area (Å²) in [5.41, 5.74) is 5.39. The quantitative estimate of drug-likeness (QED) is 0.780. The summed E-state index contributed by atoms with van der Waals surface area (Å²) in [4.78, 5) is 23.0. The van der Waals surface area contributed by atoms with E-state index in [0.717, 1.165) is 6.07 Å². The number of halogens is 2. The van der Waals surface area contributed by atoms with Gasteiger partial charge in [0.1, 0.15) is 11.9 Å². The summed E-state index contributed by atoms with van der Waals surface area (Å²) in [5, 5.41) is 4.85. The van der Waals surface area contributed by atoms with Gasteiger partial charge in [-0.3, -0.25) is 4.79 Å². The summed E-state index contributed by atoms with van der Waals surface area (Å²) in [6, 6.07) is 2.30. The summed E-state index contributed by atoms with van der Waals surface area (Å²) in [6.07, 6.45) is 0.434. The first kappa shape index (κ1) is 16.2. The molecule has 20 heavy (non-hydrogen) atoms. The molecule has 0 aliphatic heterocycles. The molecular weight excluding hydrogens is 285 g/mol. The van der Waals surface area contributed by atoms with Crippen molar-refractivity contribution < 1.29 is 14.0 Å². The van der Waals surface area contributed by atoms with Gasteiger partial charge in [-0.15, -0.1) is 0 Å². The summed E-state index contributed by atoms with van der Waals surface area (Å²) < 4.78 is 13.0. The number of anilines is 1. The molecule has 0 bridgehead atoms. The van der Waals surface area contributed by atoms with E-state index >= 15 is 0 Å². The third kappa shape index (κ3) is 5.05. The van der Waals surface area contributed by atoms with Crippen molar-refractivity contribution in [3.8, 4) is 0 Å². The lowest BCUT2D eigenvalue weighted by molar-refractivity contribution is -0.118. The van der Waals surface area contributed by atoms with Crippen molar-refractivity contribution in [3.63, 3.8) is 0 Å². The van der Waals surface area contributed by atoms with Gasteiger partial charge in [0.25, 0.3) is 0 Å². The van der Waals surface area contributed by atoms with E-state index in [1.165, 1.54) is 12.1 Å². The maximum atomic E-state index is 13.0. The minimum absolute atomic E-state index is 0.0916. The van der Waals surface area contributed by atoms with Crippen LogP contribution >= 0.6 is 11.6 Å². The van der Waals surface area contributed by atoms with Gasteiger partial charge in [-0.05, 0) is 30.5 Å². The Balaban J connectivity index is 2.78. The summed E-state index contributed by atoms with van der Waals surface area (Å²) >= 11 is 5.63. The number of urea groups is 1. The van der Waals surface area contributed by atoms with Gasteiger partial charge in [-0.25, -0.2) is 9.18 Å². The number of hydrogen-bond donors (Lipinski definition) is 3. The predicted molar refractivity (Wildman–Crippen MR) is 76.0 cm³/mol. The molecule has 0 spiro atoms. The van der Waals surface area contributed by atoms with Crippen molar-refractivity contribution in [2.45, 2.75) is 26.3 Å². The zero-order chi connectivity index (χ0) is 15.3. The van der Waals surface area contributed by atoms with Crippen molar-refractivity contribution in [1.82, 2.24) is 5.32 Å². The molecule has 0 fully saturated rings. The van der Waals surface area contributed by atoms with Crippen LogP contribution in [0.15, 0.2) is 18.2 Å². The van der Waals surface area contributed by atoms with Gasteiger partial charge in [-0.1, -0.05) is 25.4 Å². The fraction of sp³-hybridized carbons (Fsp3) is 0.385. The molecule has 3 amide bonds. The largest absolute Gasteiger partial charge is 0.352 e. The Bertz CT molecular complexity index is 508. The van der Waals surface area contributed by atoms with Crippen LogP contribution in [0.5, 0.6) is 0 Å². The number of carbonyl (C=O) groups is 2. The molecule has 0 aliphatic rings. The zero-order valence-electron chi connectivity index (χ0n) is 11.2. The molecule has 0 aliphatic carbocycles. The van der Waals surface area contributed by atoms with Crippen LogP contribution in [-0.4, -0.2) is 18.0 Å². The molecule has 1 aromatic rings. The molecule has 7 heteroatoms. The molecule has 1 atom stereocenters. The van der Waals surface area contributed by atoms with Crippen LogP contribution in [0.25, 0.3) is 0 Å². The lowest BCUT2D eigenvalue weighted by atomic mass is 10.0. The monoisotopic (exact) mass is 301 g/mol. The molecule has 0 heterocycles. The number of hydrogen-bond acceptors (Lipinski definition) is 2. The molecule has 4 N–H and O–H groups in total. The topological polar surface area (TPSA) is 84.2 Å². The number of rotatable bonds is 5. The van der Waals surface area contributed by atoms with E-state index in [-0.39, 0.29) is 10.9 Å². The molecule has 0 saturated heterocycles. The maximum Gasteiger partial charge on any atom is 0.312 e. The highest BCUT2D eigenvalue weighted by Crippen LogP contribution is 2.19. The van der Waals surface area contributed by atoms with Crippen LogP contribution in [0.1, 0.15) is 20.3 Å². The van der Waals surface area contributed by atoms with E-state index in [0.29, 0.717) is 12.1 Å². The molecule has 1 rings (SSSR count). The SMILES string of the molecule is CC(C)C[C@@H](NC(N)=O)C(=O)Nc1ccc(F)c(Cl)c1. The highest BCUT2D eigenvalue weighted by atomic mass is 35.5. The first-order chi connectivity index (χ1) is 9.29. The standard InChI is InChI=1S/C13H17ClFN3O2/c1-7(2)5-11(18-13(16)20)12(19)17-8-3-4-10(15)9(14)6-8/h3-4,6-7,11H,5H2,1-2H3,(H,17,19)(H3,16,18,20)/t11-/m1/s1. The fourth-order valence-electron chi connectivity index (χ4n) is 1.68. The van der Waals surface area contributed by atoms with Crippen molar-refractivity contribution in [3.05, 3.63) is 29.0 Å². The van der Waals surface area contributed by atoms with Gasteiger partial charge in [0.2, 0.25) is 5.91 Å². The van der Waals surface area contributed by atoms with Crippen LogP contribution in [0, 0.1) is 11.7 Å². The summed E-state index contributed by atoms with van der Waals surface area (Å²) in [6.45, 7) is 3.83. The van der Waals surface area contributed by atoms with E-state index in [1.54, 1.807) is 0 Å². The van der Waals surface area contributed by atoms with Crippen LogP contribution in [0.3, 0.4) is 0 Å². The average Bonchev–Trinajstić information content (AvgIpc) is 2.32. The zero-order valence-corrected chi connectivity index (χ0v) is 12.0. The minimum atomic E-state index is -0.775. The first-order valence-electron chi connectivity index (χ1n) is 6.11. The molecule has 0 aromatic heterocycles. The fourth-order valence-corrected chi connectivity index (χ4v) is 1.86. The molecular formula is C13H17ClFN3O2. The molecule has 5 nitrogen and oxygen atoms in total. The van der Waals surface area contributed by atoms with E-state index in [2.05, 4.69) is 10.6 Å². The third-order valence-electron chi connectivity index (χ3n) is 2.53. The van der Waals surface area contributed by atoms with Crippen molar-refractivity contribution >= 4 is 29.2 Å². The van der Waals surface area contributed by atoms with Crippen LogP contribution in [0.2, 0.25) is 5.02 Å². The maximum absolute atomic E-state index is 13.0. The Labute approximate surface area is 121 Å². The number of nitrogens with two attached hydrogens (primary N) is 1. The van der Waals surface area contributed by atoms with Gasteiger partial charge in [-0.2, -0.15) is 0 Å². The van der Waals surface area contributed by atoms with Crippen molar-refractivity contribution in [2.75, 3.05) is 5.32 Å².